The summed E-state index contributed by atoms with van der Waals surface area (Å²) in [7, 11) is 0. The Bertz CT molecular complexity index is 1290. The lowest BCUT2D eigenvalue weighted by molar-refractivity contribution is -0.148. The van der Waals surface area contributed by atoms with E-state index in [0.29, 0.717) is 5.70 Å². The van der Waals surface area contributed by atoms with Crippen LogP contribution in [0.5, 0.6) is 0 Å². The van der Waals surface area contributed by atoms with E-state index in [4.69, 9.17) is 0 Å². The summed E-state index contributed by atoms with van der Waals surface area (Å²) in [5.74, 6) is -1.86. The molecule has 1 aliphatic carbocycles. The van der Waals surface area contributed by atoms with Crippen LogP contribution in [0, 0.1) is 5.92 Å². The number of hydrogen-bond acceptors (Lipinski definition) is 3. The Morgan fingerprint density at radius 3 is 2.27 bits per heavy atom. The molecular formula is C28H24N2O3. The maximum absolute atomic E-state index is 13.5. The second-order valence-corrected chi connectivity index (χ2v) is 8.41. The first kappa shape index (κ1) is 20.9. The average Bonchev–Trinajstić information content (AvgIpc) is 2.86. The first-order valence-electron chi connectivity index (χ1n) is 11.2. The number of imide groups is 2. The Labute approximate surface area is 192 Å². The lowest BCUT2D eigenvalue weighted by Crippen LogP contribution is -2.59. The minimum Gasteiger partial charge on any atom is -0.273 e. The number of amides is 4. The predicted octanol–water partition coefficient (Wildman–Crippen LogP) is 5.22. The molecule has 3 aromatic carbocycles. The molecule has 3 aromatic rings. The van der Waals surface area contributed by atoms with Gasteiger partial charge in [-0.15, -0.1) is 0 Å². The number of carbonyl (C=O) groups is 3. The summed E-state index contributed by atoms with van der Waals surface area (Å²) in [4.78, 5) is 42.7. The van der Waals surface area contributed by atoms with E-state index < -0.39 is 23.8 Å². The van der Waals surface area contributed by atoms with E-state index in [2.05, 4.69) is 0 Å². The van der Waals surface area contributed by atoms with Crippen molar-refractivity contribution in [2.45, 2.75) is 25.8 Å². The normalized spacial score (nSPS) is 18.7. The van der Waals surface area contributed by atoms with E-state index in [1.54, 1.807) is 6.08 Å². The number of hydrogen-bond donors (Lipinski definition) is 0. The fraction of sp³-hybridized carbons (Fsp3) is 0.179. The smallest absolute Gasteiger partial charge is 0.273 e. The van der Waals surface area contributed by atoms with Gasteiger partial charge in [0, 0.05) is 5.70 Å². The van der Waals surface area contributed by atoms with Crippen LogP contribution in [-0.4, -0.2) is 27.6 Å². The van der Waals surface area contributed by atoms with Crippen LogP contribution in [0.15, 0.2) is 96.7 Å². The maximum atomic E-state index is 13.5. The van der Waals surface area contributed by atoms with Gasteiger partial charge in [-0.2, -0.15) is 0 Å². The van der Waals surface area contributed by atoms with Gasteiger partial charge in [0.15, 0.2) is 0 Å². The van der Waals surface area contributed by atoms with Gasteiger partial charge in [0.25, 0.3) is 0 Å². The van der Waals surface area contributed by atoms with E-state index in [-0.39, 0.29) is 13.0 Å². The summed E-state index contributed by atoms with van der Waals surface area (Å²) < 4.78 is 0. The summed E-state index contributed by atoms with van der Waals surface area (Å²) in [6.07, 6.45) is 7.50. The summed E-state index contributed by atoms with van der Waals surface area (Å²) in [5, 5.41) is 2.15. The predicted molar refractivity (Wildman–Crippen MR) is 127 cm³/mol. The molecule has 164 valence electrons. The van der Waals surface area contributed by atoms with Crippen molar-refractivity contribution < 1.29 is 14.4 Å². The largest absolute Gasteiger partial charge is 0.338 e. The fourth-order valence-corrected chi connectivity index (χ4v) is 4.45. The summed E-state index contributed by atoms with van der Waals surface area (Å²) in [6.45, 7) is 0.132. The molecule has 1 fully saturated rings. The van der Waals surface area contributed by atoms with Crippen LogP contribution in [0.1, 0.15) is 24.0 Å². The molecule has 0 bridgehead atoms. The Balaban J connectivity index is 1.50. The summed E-state index contributed by atoms with van der Waals surface area (Å²) in [6, 6.07) is 22.7. The first-order chi connectivity index (χ1) is 16.1. The van der Waals surface area contributed by atoms with Gasteiger partial charge in [-0.25, -0.2) is 9.69 Å². The van der Waals surface area contributed by atoms with Crippen LogP contribution in [0.4, 0.5) is 4.79 Å². The van der Waals surface area contributed by atoms with Crippen LogP contribution < -0.4 is 0 Å². The first-order valence-corrected chi connectivity index (χ1v) is 11.2. The lowest BCUT2D eigenvalue weighted by Gasteiger charge is -2.37. The average molecular weight is 437 g/mol. The van der Waals surface area contributed by atoms with Crippen molar-refractivity contribution in [3.05, 3.63) is 108 Å². The molecule has 0 N–H and O–H groups in total. The zero-order valence-corrected chi connectivity index (χ0v) is 18.2. The highest BCUT2D eigenvalue weighted by Gasteiger charge is 2.46. The Hall–Kier alpha value is -3.99. The molecule has 1 unspecified atom stereocenters. The van der Waals surface area contributed by atoms with Gasteiger partial charge in [0.2, 0.25) is 11.8 Å². The van der Waals surface area contributed by atoms with E-state index in [1.807, 2.05) is 84.9 Å². The molecule has 0 saturated carbocycles. The molecule has 5 nitrogen and oxygen atoms in total. The molecule has 33 heavy (non-hydrogen) atoms. The second kappa shape index (κ2) is 8.87. The second-order valence-electron chi connectivity index (χ2n) is 8.41. The summed E-state index contributed by atoms with van der Waals surface area (Å²) in [5.41, 5.74) is 2.28. The number of rotatable bonds is 5. The van der Waals surface area contributed by atoms with E-state index in [1.165, 1.54) is 9.80 Å². The molecule has 1 aliphatic heterocycles. The minimum absolute atomic E-state index is 0.132. The topological polar surface area (TPSA) is 57.7 Å². The van der Waals surface area contributed by atoms with Crippen molar-refractivity contribution in [1.82, 2.24) is 9.80 Å². The molecule has 0 spiro atoms. The van der Waals surface area contributed by atoms with E-state index >= 15 is 0 Å². The zero-order chi connectivity index (χ0) is 22.8. The van der Waals surface area contributed by atoms with Crippen LogP contribution in [0.25, 0.3) is 10.8 Å². The van der Waals surface area contributed by atoms with Crippen molar-refractivity contribution in [1.29, 1.82) is 0 Å². The Kier molecular flexibility index (Phi) is 5.61. The van der Waals surface area contributed by atoms with E-state index in [0.717, 1.165) is 34.7 Å². The molecule has 0 radical (unpaired) electrons. The number of carbonyl (C=O) groups excluding carboxylic acids is 3. The monoisotopic (exact) mass is 436 g/mol. The molecule has 5 heteroatoms. The standard InChI is InChI=1S/C28H24N2O3/c31-26-25(18-21-15-16-22-11-7-8-12-23(22)17-21)27(32)30(24-13-5-2-6-14-24)28(33)29(26)19-20-9-3-1-4-10-20/h1,3-5,7-17,25H,2,6,18-19H2. The quantitative estimate of drug-likeness (QED) is 0.515. The fourth-order valence-electron chi connectivity index (χ4n) is 4.45. The van der Waals surface area contributed by atoms with Gasteiger partial charge in [-0.3, -0.25) is 14.5 Å². The zero-order valence-electron chi connectivity index (χ0n) is 18.2. The van der Waals surface area contributed by atoms with Crippen molar-refractivity contribution in [3.63, 3.8) is 0 Å². The van der Waals surface area contributed by atoms with Gasteiger partial charge in [0.1, 0.15) is 5.92 Å². The molecule has 1 saturated heterocycles. The van der Waals surface area contributed by atoms with Gasteiger partial charge >= 0.3 is 6.03 Å². The molecule has 4 amide bonds. The van der Waals surface area contributed by atoms with Crippen LogP contribution in [0.2, 0.25) is 0 Å². The lowest BCUT2D eigenvalue weighted by atomic mass is 9.92. The number of allylic oxidation sites excluding steroid dienone is 3. The third kappa shape index (κ3) is 4.10. The number of barbiturate groups is 1. The highest BCUT2D eigenvalue weighted by Crippen LogP contribution is 2.29. The van der Waals surface area contributed by atoms with Crippen LogP contribution in [0.3, 0.4) is 0 Å². The van der Waals surface area contributed by atoms with E-state index in [9.17, 15) is 14.4 Å². The van der Waals surface area contributed by atoms with Crippen LogP contribution in [-0.2, 0) is 22.6 Å². The third-order valence-corrected chi connectivity index (χ3v) is 6.18. The van der Waals surface area contributed by atoms with Gasteiger partial charge < -0.3 is 0 Å². The number of urea groups is 1. The number of nitrogens with zero attached hydrogens (tertiary/aromatic N) is 2. The highest BCUT2D eigenvalue weighted by molar-refractivity contribution is 6.17. The van der Waals surface area contributed by atoms with Gasteiger partial charge in [-0.1, -0.05) is 84.9 Å². The maximum Gasteiger partial charge on any atom is 0.338 e. The highest BCUT2D eigenvalue weighted by atomic mass is 16.2. The molecular weight excluding hydrogens is 412 g/mol. The number of fused-ring (bicyclic) bond motifs is 1. The number of benzene rings is 3. The molecule has 2 aliphatic rings. The van der Waals surface area contributed by atoms with Crippen molar-refractivity contribution in [3.8, 4) is 0 Å². The van der Waals surface area contributed by atoms with Crippen molar-refractivity contribution in [2.75, 3.05) is 0 Å². The summed E-state index contributed by atoms with van der Waals surface area (Å²) >= 11 is 0. The molecule has 1 atom stereocenters. The minimum atomic E-state index is -0.955. The van der Waals surface area contributed by atoms with Crippen molar-refractivity contribution >= 4 is 28.6 Å². The van der Waals surface area contributed by atoms with Gasteiger partial charge in [-0.05, 0) is 47.2 Å². The SMILES string of the molecule is O=C1C(Cc2ccc3ccccc3c2)C(=O)N(C2=CCCC=C2)C(=O)N1Cc1ccccc1. The van der Waals surface area contributed by atoms with Crippen molar-refractivity contribution in [2.24, 2.45) is 5.92 Å². The van der Waals surface area contributed by atoms with Gasteiger partial charge in [0.05, 0.1) is 6.54 Å². The Morgan fingerprint density at radius 2 is 1.52 bits per heavy atom. The molecule has 1 heterocycles. The third-order valence-electron chi connectivity index (χ3n) is 6.18. The van der Waals surface area contributed by atoms with Crippen LogP contribution >= 0.6 is 0 Å². The molecule has 0 aromatic heterocycles. The Morgan fingerprint density at radius 1 is 0.758 bits per heavy atom. The molecule has 5 rings (SSSR count).